The lowest BCUT2D eigenvalue weighted by molar-refractivity contribution is 0.102. The molecule has 0 aliphatic rings. The van der Waals surface area contributed by atoms with Crippen LogP contribution in [0.5, 0.6) is 5.75 Å². The van der Waals surface area contributed by atoms with Crippen molar-refractivity contribution in [2.45, 2.75) is 13.8 Å². The van der Waals surface area contributed by atoms with Gasteiger partial charge in [-0.1, -0.05) is 24.3 Å². The highest BCUT2D eigenvalue weighted by molar-refractivity contribution is 6.06. The Morgan fingerprint density at radius 1 is 1.00 bits per heavy atom. The third kappa shape index (κ3) is 3.67. The van der Waals surface area contributed by atoms with E-state index in [1.165, 1.54) is 0 Å². The van der Waals surface area contributed by atoms with Gasteiger partial charge in [-0.25, -0.2) is 4.98 Å². The Balaban J connectivity index is 1.62. The Bertz CT molecular complexity index is 1280. The van der Waals surface area contributed by atoms with Crippen molar-refractivity contribution in [3.63, 3.8) is 0 Å². The van der Waals surface area contributed by atoms with Crippen LogP contribution in [0.25, 0.3) is 16.6 Å². The molecule has 0 saturated heterocycles. The fourth-order valence-electron chi connectivity index (χ4n) is 3.38. The van der Waals surface area contributed by atoms with Crippen LogP contribution in [-0.4, -0.2) is 22.1 Å². The van der Waals surface area contributed by atoms with Crippen molar-refractivity contribution in [2.24, 2.45) is 0 Å². The highest BCUT2D eigenvalue weighted by Crippen LogP contribution is 2.21. The molecule has 1 amide bonds. The van der Waals surface area contributed by atoms with E-state index in [1.54, 1.807) is 60.0 Å². The molecule has 3 aromatic carbocycles. The van der Waals surface area contributed by atoms with Crippen LogP contribution < -0.4 is 15.6 Å². The number of carbonyl (C=O) groups is 1. The standard InChI is InChI=1S/C24H21N3O3/c1-3-30-22-11-7-5-9-20(22)23(28)26-17-12-14-18(15-13-17)27-16(2)25-21-10-6-4-8-19(21)24(27)29/h4-15H,3H2,1-2H3,(H,26,28). The van der Waals surface area contributed by atoms with Gasteiger partial charge in [0, 0.05) is 5.69 Å². The van der Waals surface area contributed by atoms with Crippen molar-refractivity contribution in [2.75, 3.05) is 11.9 Å². The van der Waals surface area contributed by atoms with E-state index in [2.05, 4.69) is 10.3 Å². The van der Waals surface area contributed by atoms with Crippen molar-refractivity contribution >= 4 is 22.5 Å². The summed E-state index contributed by atoms with van der Waals surface area (Å²) in [6.45, 7) is 4.15. The topological polar surface area (TPSA) is 73.2 Å². The van der Waals surface area contributed by atoms with Gasteiger partial charge in [-0.15, -0.1) is 0 Å². The predicted molar refractivity (Wildman–Crippen MR) is 118 cm³/mol. The van der Waals surface area contributed by atoms with Crippen LogP contribution in [0.1, 0.15) is 23.1 Å². The minimum atomic E-state index is -0.257. The van der Waals surface area contributed by atoms with Crippen molar-refractivity contribution in [3.05, 3.63) is 94.5 Å². The molecule has 0 unspecified atom stereocenters. The maximum atomic E-state index is 12.9. The lowest BCUT2D eigenvalue weighted by Gasteiger charge is -2.13. The smallest absolute Gasteiger partial charge is 0.265 e. The monoisotopic (exact) mass is 399 g/mol. The number of nitrogens with one attached hydrogen (secondary N) is 1. The molecule has 1 N–H and O–H groups in total. The fraction of sp³-hybridized carbons (Fsp3) is 0.125. The summed E-state index contributed by atoms with van der Waals surface area (Å²) in [5.41, 5.74) is 2.32. The molecule has 0 radical (unpaired) electrons. The molecule has 0 aliphatic heterocycles. The second-order valence-electron chi connectivity index (χ2n) is 6.75. The summed E-state index contributed by atoms with van der Waals surface area (Å²) in [4.78, 5) is 30.1. The van der Waals surface area contributed by atoms with Crippen molar-refractivity contribution in [3.8, 4) is 11.4 Å². The molecule has 150 valence electrons. The Morgan fingerprint density at radius 3 is 2.47 bits per heavy atom. The number of ether oxygens (including phenoxy) is 1. The Labute approximate surface area is 173 Å². The maximum absolute atomic E-state index is 12.9. The van der Waals surface area contributed by atoms with E-state index in [-0.39, 0.29) is 11.5 Å². The van der Waals surface area contributed by atoms with Crippen molar-refractivity contribution in [1.82, 2.24) is 9.55 Å². The largest absolute Gasteiger partial charge is 0.493 e. The number of benzene rings is 3. The Hall–Kier alpha value is -3.93. The maximum Gasteiger partial charge on any atom is 0.265 e. The summed E-state index contributed by atoms with van der Waals surface area (Å²) in [6.07, 6.45) is 0. The Kier molecular flexibility index (Phi) is 5.30. The number of fused-ring (bicyclic) bond motifs is 1. The zero-order chi connectivity index (χ0) is 21.1. The molecular formula is C24H21N3O3. The first-order valence-corrected chi connectivity index (χ1v) is 9.70. The summed E-state index contributed by atoms with van der Waals surface area (Å²) < 4.78 is 7.10. The number of aryl methyl sites for hydroxylation is 1. The highest BCUT2D eigenvalue weighted by atomic mass is 16.5. The first kappa shape index (κ1) is 19.4. The van der Waals surface area contributed by atoms with E-state index in [0.717, 1.165) is 0 Å². The molecule has 0 atom stereocenters. The van der Waals surface area contributed by atoms with Gasteiger partial charge in [-0.3, -0.25) is 14.2 Å². The average molecular weight is 399 g/mol. The van der Waals surface area contributed by atoms with Crippen LogP contribution in [0.4, 0.5) is 5.69 Å². The lowest BCUT2D eigenvalue weighted by atomic mass is 10.1. The summed E-state index contributed by atoms with van der Waals surface area (Å²) >= 11 is 0. The third-order valence-electron chi connectivity index (χ3n) is 4.76. The molecule has 0 bridgehead atoms. The molecule has 1 aromatic heterocycles. The number of aromatic nitrogens is 2. The van der Waals surface area contributed by atoms with Crippen molar-refractivity contribution < 1.29 is 9.53 Å². The van der Waals surface area contributed by atoms with Gasteiger partial charge < -0.3 is 10.1 Å². The molecule has 30 heavy (non-hydrogen) atoms. The van der Waals surface area contributed by atoms with E-state index in [4.69, 9.17) is 4.74 Å². The number of nitrogens with zero attached hydrogens (tertiary/aromatic N) is 2. The summed E-state index contributed by atoms with van der Waals surface area (Å²) in [5, 5.41) is 3.44. The number of para-hydroxylation sites is 2. The summed E-state index contributed by atoms with van der Waals surface area (Å²) in [6, 6.07) is 21.5. The normalized spacial score (nSPS) is 10.7. The fourth-order valence-corrected chi connectivity index (χ4v) is 3.38. The van der Waals surface area contributed by atoms with Gasteiger partial charge in [0.1, 0.15) is 11.6 Å². The average Bonchev–Trinajstić information content (AvgIpc) is 2.75. The molecule has 4 aromatic rings. The van der Waals surface area contributed by atoms with E-state index < -0.39 is 0 Å². The van der Waals surface area contributed by atoms with Gasteiger partial charge in [0.2, 0.25) is 0 Å². The predicted octanol–water partition coefficient (Wildman–Crippen LogP) is 4.35. The molecule has 6 nitrogen and oxygen atoms in total. The lowest BCUT2D eigenvalue weighted by Crippen LogP contribution is -2.22. The van der Waals surface area contributed by atoms with Crippen LogP contribution in [0.15, 0.2) is 77.6 Å². The van der Waals surface area contributed by atoms with Crippen LogP contribution in [0.2, 0.25) is 0 Å². The van der Waals surface area contributed by atoms with Crippen LogP contribution in [0, 0.1) is 6.92 Å². The first-order chi connectivity index (χ1) is 14.6. The first-order valence-electron chi connectivity index (χ1n) is 9.70. The number of carbonyl (C=O) groups excluding carboxylic acids is 1. The van der Waals surface area contributed by atoms with E-state index in [1.807, 2.05) is 31.2 Å². The van der Waals surface area contributed by atoms with E-state index >= 15 is 0 Å². The van der Waals surface area contributed by atoms with E-state index in [9.17, 15) is 9.59 Å². The zero-order valence-electron chi connectivity index (χ0n) is 16.8. The highest BCUT2D eigenvalue weighted by Gasteiger charge is 2.13. The Morgan fingerprint density at radius 2 is 1.70 bits per heavy atom. The van der Waals surface area contributed by atoms with Gasteiger partial charge >= 0.3 is 0 Å². The van der Waals surface area contributed by atoms with Crippen molar-refractivity contribution in [1.29, 1.82) is 0 Å². The number of amides is 1. The molecule has 0 spiro atoms. The minimum Gasteiger partial charge on any atom is -0.493 e. The van der Waals surface area contributed by atoms with Crippen LogP contribution in [0.3, 0.4) is 0 Å². The quantitative estimate of drug-likeness (QED) is 0.542. The van der Waals surface area contributed by atoms with E-state index in [0.29, 0.717) is 46.0 Å². The molecule has 4 rings (SSSR count). The summed E-state index contributed by atoms with van der Waals surface area (Å²) in [5.74, 6) is 0.882. The molecule has 6 heteroatoms. The molecule has 0 aliphatic carbocycles. The SMILES string of the molecule is CCOc1ccccc1C(=O)Nc1ccc(-n2c(C)nc3ccccc3c2=O)cc1. The van der Waals surface area contributed by atoms with Crippen LogP contribution >= 0.6 is 0 Å². The number of hydrogen-bond donors (Lipinski definition) is 1. The molecule has 0 saturated carbocycles. The second kappa shape index (κ2) is 8.21. The van der Waals surface area contributed by atoms with Gasteiger partial charge in [0.15, 0.2) is 0 Å². The number of hydrogen-bond acceptors (Lipinski definition) is 4. The third-order valence-corrected chi connectivity index (χ3v) is 4.76. The van der Waals surface area contributed by atoms with Gasteiger partial charge in [0.05, 0.1) is 28.8 Å². The second-order valence-corrected chi connectivity index (χ2v) is 6.75. The number of anilines is 1. The minimum absolute atomic E-state index is 0.125. The molecule has 1 heterocycles. The molecular weight excluding hydrogens is 378 g/mol. The van der Waals surface area contributed by atoms with Gasteiger partial charge in [0.25, 0.3) is 11.5 Å². The zero-order valence-corrected chi connectivity index (χ0v) is 16.8. The van der Waals surface area contributed by atoms with Gasteiger partial charge in [-0.2, -0.15) is 0 Å². The van der Waals surface area contributed by atoms with Crippen LogP contribution in [-0.2, 0) is 0 Å². The number of rotatable bonds is 5. The summed E-state index contributed by atoms with van der Waals surface area (Å²) in [7, 11) is 0. The molecule has 0 fully saturated rings. The van der Waals surface area contributed by atoms with Gasteiger partial charge in [-0.05, 0) is 62.4 Å².